The highest BCUT2D eigenvalue weighted by Crippen LogP contribution is 2.28. The van der Waals surface area contributed by atoms with Gasteiger partial charge in [0.25, 0.3) is 0 Å². The lowest BCUT2D eigenvalue weighted by atomic mass is 9.93. The van der Waals surface area contributed by atoms with E-state index < -0.39 is 0 Å². The first-order valence-corrected chi connectivity index (χ1v) is 7.17. The van der Waals surface area contributed by atoms with E-state index >= 15 is 0 Å². The summed E-state index contributed by atoms with van der Waals surface area (Å²) in [6, 6.07) is 5.19. The van der Waals surface area contributed by atoms with Gasteiger partial charge in [0, 0.05) is 5.02 Å². The summed E-state index contributed by atoms with van der Waals surface area (Å²) in [5.74, 6) is 0.651. The fourth-order valence-corrected chi connectivity index (χ4v) is 2.60. The Kier molecular flexibility index (Phi) is 5.03. The van der Waals surface area contributed by atoms with Gasteiger partial charge in [-0.3, -0.25) is 4.79 Å². The number of benzene rings is 1. The van der Waals surface area contributed by atoms with Crippen LogP contribution in [0.5, 0.6) is 5.75 Å². The molecule has 0 unspecified atom stereocenters. The van der Waals surface area contributed by atoms with Crippen molar-refractivity contribution in [3.63, 3.8) is 0 Å². The Morgan fingerprint density at radius 3 is 2.79 bits per heavy atom. The van der Waals surface area contributed by atoms with Crippen LogP contribution in [0.1, 0.15) is 48.9 Å². The molecular formula is C16H19ClO2. The summed E-state index contributed by atoms with van der Waals surface area (Å²) in [6.45, 7) is 0. The van der Waals surface area contributed by atoms with Crippen molar-refractivity contribution in [2.45, 2.75) is 38.5 Å². The summed E-state index contributed by atoms with van der Waals surface area (Å²) in [5.41, 5.74) is 1.47. The third-order valence-electron chi connectivity index (χ3n) is 3.49. The molecule has 0 saturated heterocycles. The van der Waals surface area contributed by atoms with E-state index in [0.717, 1.165) is 24.8 Å². The molecule has 1 aliphatic carbocycles. The van der Waals surface area contributed by atoms with Crippen molar-refractivity contribution in [2.24, 2.45) is 0 Å². The van der Waals surface area contributed by atoms with Gasteiger partial charge in [-0.05, 0) is 49.5 Å². The summed E-state index contributed by atoms with van der Waals surface area (Å²) in [5, 5.41) is 0.565. The third kappa shape index (κ3) is 3.60. The van der Waals surface area contributed by atoms with Gasteiger partial charge in [0.2, 0.25) is 0 Å². The number of allylic oxidation sites excluding steroid dienone is 2. The van der Waals surface area contributed by atoms with Crippen molar-refractivity contribution < 1.29 is 9.53 Å². The van der Waals surface area contributed by atoms with Crippen molar-refractivity contribution in [1.29, 1.82) is 0 Å². The molecule has 0 fully saturated rings. The Balaban J connectivity index is 2.29. The summed E-state index contributed by atoms with van der Waals surface area (Å²) in [6.07, 6.45) is 8.65. The van der Waals surface area contributed by atoms with Crippen LogP contribution in [-0.2, 0) is 0 Å². The van der Waals surface area contributed by atoms with E-state index in [1.807, 2.05) is 0 Å². The van der Waals surface area contributed by atoms with Crippen molar-refractivity contribution in [1.82, 2.24) is 0 Å². The predicted molar refractivity (Wildman–Crippen MR) is 78.1 cm³/mol. The maximum Gasteiger partial charge on any atom is 0.192 e. The van der Waals surface area contributed by atoms with Gasteiger partial charge < -0.3 is 4.74 Å². The number of rotatable bonds is 3. The number of ether oxygens (including phenoxy) is 1. The molecule has 19 heavy (non-hydrogen) atoms. The van der Waals surface area contributed by atoms with Crippen LogP contribution in [0, 0.1) is 0 Å². The molecule has 0 spiro atoms. The molecule has 2 rings (SSSR count). The first kappa shape index (κ1) is 14.1. The predicted octanol–water partition coefficient (Wildman–Crippen LogP) is 4.81. The monoisotopic (exact) mass is 278 g/mol. The maximum atomic E-state index is 12.6. The molecule has 0 amide bonds. The zero-order valence-electron chi connectivity index (χ0n) is 11.2. The quantitative estimate of drug-likeness (QED) is 0.742. The topological polar surface area (TPSA) is 26.3 Å². The molecule has 1 aromatic rings. The highest BCUT2D eigenvalue weighted by Gasteiger charge is 2.17. The molecule has 1 aliphatic rings. The summed E-state index contributed by atoms with van der Waals surface area (Å²) in [7, 11) is 1.58. The molecule has 0 saturated carbocycles. The van der Waals surface area contributed by atoms with Gasteiger partial charge in [0.1, 0.15) is 5.75 Å². The second kappa shape index (κ2) is 6.76. The molecule has 0 N–H and O–H groups in total. The van der Waals surface area contributed by atoms with Gasteiger partial charge in [-0.1, -0.05) is 30.5 Å². The van der Waals surface area contributed by atoms with Crippen molar-refractivity contribution >= 4 is 17.4 Å². The molecule has 3 heteroatoms. The highest BCUT2D eigenvalue weighted by molar-refractivity contribution is 6.31. The zero-order chi connectivity index (χ0) is 13.7. The lowest BCUT2D eigenvalue weighted by Gasteiger charge is -2.13. The standard InChI is InChI=1S/C16H19ClO2/c1-19-15-10-9-13(17)11-14(15)16(18)12-7-5-3-2-4-6-8-12/h7,9-11H,2-6,8H2,1H3/b12-7+. The molecule has 0 atom stereocenters. The van der Waals surface area contributed by atoms with Gasteiger partial charge in [-0.15, -0.1) is 0 Å². The third-order valence-corrected chi connectivity index (χ3v) is 3.72. The van der Waals surface area contributed by atoms with Crippen molar-refractivity contribution in [3.05, 3.63) is 40.4 Å². The maximum absolute atomic E-state index is 12.6. The number of Topliss-reactive ketones (excluding diaryl/α,β-unsaturated/α-hetero) is 1. The second-order valence-electron chi connectivity index (χ2n) is 4.86. The van der Waals surface area contributed by atoms with Gasteiger partial charge >= 0.3 is 0 Å². The van der Waals surface area contributed by atoms with Crippen molar-refractivity contribution in [3.8, 4) is 5.75 Å². The molecule has 0 heterocycles. The average Bonchev–Trinajstić information content (AvgIpc) is 2.37. The van der Waals surface area contributed by atoms with Gasteiger partial charge in [-0.25, -0.2) is 0 Å². The lowest BCUT2D eigenvalue weighted by Crippen LogP contribution is -2.07. The zero-order valence-corrected chi connectivity index (χ0v) is 12.0. The van der Waals surface area contributed by atoms with E-state index in [9.17, 15) is 4.79 Å². The minimum absolute atomic E-state index is 0.0567. The summed E-state index contributed by atoms with van der Waals surface area (Å²) >= 11 is 5.99. The van der Waals surface area contributed by atoms with Crippen LogP contribution in [0.3, 0.4) is 0 Å². The molecule has 0 aromatic heterocycles. The Morgan fingerprint density at radius 2 is 2.00 bits per heavy atom. The molecule has 2 nitrogen and oxygen atoms in total. The molecule has 0 radical (unpaired) electrons. The summed E-state index contributed by atoms with van der Waals surface area (Å²) < 4.78 is 5.26. The first-order valence-electron chi connectivity index (χ1n) is 6.79. The SMILES string of the molecule is COc1ccc(Cl)cc1C(=O)/C1=C/CCCCCC1. The minimum atomic E-state index is 0.0567. The second-order valence-corrected chi connectivity index (χ2v) is 5.29. The van der Waals surface area contributed by atoms with Crippen LogP contribution < -0.4 is 4.74 Å². The Hall–Kier alpha value is -1.28. The first-order chi connectivity index (χ1) is 9.22. The number of methoxy groups -OCH3 is 1. The highest BCUT2D eigenvalue weighted by atomic mass is 35.5. The smallest absolute Gasteiger partial charge is 0.192 e. The van der Waals surface area contributed by atoms with Crippen LogP contribution in [0.2, 0.25) is 5.02 Å². The molecule has 102 valence electrons. The van der Waals surface area contributed by atoms with E-state index in [1.54, 1.807) is 25.3 Å². The average molecular weight is 279 g/mol. The number of carbonyl (C=O) groups excluding carboxylic acids is 1. The van der Waals surface area contributed by atoms with E-state index in [4.69, 9.17) is 16.3 Å². The Labute approximate surface area is 119 Å². The Bertz CT molecular complexity index is 492. The fourth-order valence-electron chi connectivity index (χ4n) is 2.43. The fraction of sp³-hybridized carbons (Fsp3) is 0.438. The number of ketones is 1. The van der Waals surface area contributed by atoms with Gasteiger partial charge in [0.05, 0.1) is 12.7 Å². The van der Waals surface area contributed by atoms with Crippen LogP contribution >= 0.6 is 11.6 Å². The molecular weight excluding hydrogens is 260 g/mol. The largest absolute Gasteiger partial charge is 0.496 e. The molecule has 1 aromatic carbocycles. The van der Waals surface area contributed by atoms with E-state index in [0.29, 0.717) is 16.3 Å². The Morgan fingerprint density at radius 1 is 1.21 bits per heavy atom. The summed E-state index contributed by atoms with van der Waals surface area (Å²) in [4.78, 5) is 12.6. The normalized spacial score (nSPS) is 18.9. The molecule has 0 bridgehead atoms. The minimum Gasteiger partial charge on any atom is -0.496 e. The van der Waals surface area contributed by atoms with Crippen LogP contribution in [0.4, 0.5) is 0 Å². The lowest BCUT2D eigenvalue weighted by molar-refractivity contribution is 0.102. The van der Waals surface area contributed by atoms with Crippen LogP contribution in [0.15, 0.2) is 29.8 Å². The van der Waals surface area contributed by atoms with Gasteiger partial charge in [0.15, 0.2) is 5.78 Å². The van der Waals surface area contributed by atoms with Gasteiger partial charge in [-0.2, -0.15) is 0 Å². The number of hydrogen-bond acceptors (Lipinski definition) is 2. The van der Waals surface area contributed by atoms with Crippen molar-refractivity contribution in [2.75, 3.05) is 7.11 Å². The number of halogens is 1. The number of hydrogen-bond donors (Lipinski definition) is 0. The van der Waals surface area contributed by atoms with Crippen LogP contribution in [-0.4, -0.2) is 12.9 Å². The van der Waals surface area contributed by atoms with E-state index in [2.05, 4.69) is 6.08 Å². The number of carbonyl (C=O) groups is 1. The molecule has 0 aliphatic heterocycles. The van der Waals surface area contributed by atoms with E-state index in [-0.39, 0.29) is 5.78 Å². The van der Waals surface area contributed by atoms with Crippen LogP contribution in [0.25, 0.3) is 0 Å². The van der Waals surface area contributed by atoms with E-state index in [1.165, 1.54) is 19.3 Å².